The van der Waals surface area contributed by atoms with Crippen LogP contribution in [0.4, 0.5) is 0 Å². The van der Waals surface area contributed by atoms with Crippen molar-refractivity contribution in [1.29, 1.82) is 5.26 Å². The van der Waals surface area contributed by atoms with Gasteiger partial charge in [0.1, 0.15) is 17.4 Å². The van der Waals surface area contributed by atoms with Crippen molar-refractivity contribution < 1.29 is 0 Å². The number of hydrogen-bond acceptors (Lipinski definition) is 2. The van der Waals surface area contributed by atoms with Gasteiger partial charge in [0.25, 0.3) is 0 Å². The van der Waals surface area contributed by atoms with Crippen molar-refractivity contribution >= 4 is 34.2 Å². The van der Waals surface area contributed by atoms with Crippen LogP contribution in [-0.4, -0.2) is 9.55 Å². The number of imidazole rings is 1. The number of aromatic nitrogens is 2. The van der Waals surface area contributed by atoms with Gasteiger partial charge in [-0.15, -0.1) is 11.6 Å². The second-order valence-electron chi connectivity index (χ2n) is 4.26. The van der Waals surface area contributed by atoms with Gasteiger partial charge >= 0.3 is 0 Å². The lowest BCUT2D eigenvalue weighted by molar-refractivity contribution is 0.982. The Kier molecular flexibility index (Phi) is 3.35. The Morgan fingerprint density at radius 1 is 1.20 bits per heavy atom. The van der Waals surface area contributed by atoms with Crippen LogP contribution in [0.5, 0.6) is 0 Å². The van der Waals surface area contributed by atoms with Crippen LogP contribution in [0, 0.1) is 11.3 Å². The first-order chi connectivity index (χ1) is 9.74. The molecule has 98 valence electrons. The van der Waals surface area contributed by atoms with Crippen LogP contribution in [0.15, 0.2) is 42.5 Å². The Hall–Kier alpha value is -2.02. The van der Waals surface area contributed by atoms with Crippen LogP contribution in [0.3, 0.4) is 0 Å². The summed E-state index contributed by atoms with van der Waals surface area (Å²) in [7, 11) is 0. The van der Waals surface area contributed by atoms with Gasteiger partial charge in [0.15, 0.2) is 0 Å². The molecule has 0 bridgehead atoms. The Bertz CT molecular complexity index is 831. The molecule has 0 N–H and O–H groups in total. The van der Waals surface area contributed by atoms with Crippen LogP contribution in [-0.2, 0) is 5.88 Å². The van der Waals surface area contributed by atoms with Crippen LogP contribution in [0.2, 0.25) is 5.02 Å². The molecule has 0 saturated carbocycles. The van der Waals surface area contributed by atoms with Gasteiger partial charge in [-0.25, -0.2) is 4.98 Å². The highest BCUT2D eigenvalue weighted by molar-refractivity contribution is 6.30. The van der Waals surface area contributed by atoms with E-state index >= 15 is 0 Å². The number of nitrogens with zero attached hydrogens (tertiary/aromatic N) is 3. The summed E-state index contributed by atoms with van der Waals surface area (Å²) in [6.45, 7) is 0. The van der Waals surface area contributed by atoms with Gasteiger partial charge in [0.05, 0.1) is 17.0 Å². The van der Waals surface area contributed by atoms with Crippen LogP contribution < -0.4 is 0 Å². The van der Waals surface area contributed by atoms with Gasteiger partial charge < -0.3 is 0 Å². The Morgan fingerprint density at radius 2 is 2.00 bits per heavy atom. The van der Waals surface area contributed by atoms with E-state index in [9.17, 15) is 0 Å². The third-order valence-electron chi connectivity index (χ3n) is 3.06. The molecule has 0 aliphatic rings. The zero-order valence-corrected chi connectivity index (χ0v) is 11.9. The van der Waals surface area contributed by atoms with Crippen molar-refractivity contribution in [2.75, 3.05) is 0 Å². The molecule has 0 fully saturated rings. The van der Waals surface area contributed by atoms with Gasteiger partial charge in [-0.05, 0) is 30.3 Å². The number of halogens is 2. The molecule has 1 heterocycles. The largest absolute Gasteiger partial charge is 0.295 e. The predicted octanol–water partition coefficient (Wildman–Crippen LogP) is 4.29. The Balaban J connectivity index is 2.38. The van der Waals surface area contributed by atoms with Crippen molar-refractivity contribution in [2.24, 2.45) is 0 Å². The minimum absolute atomic E-state index is 0.256. The minimum Gasteiger partial charge on any atom is -0.295 e. The van der Waals surface area contributed by atoms with E-state index in [4.69, 9.17) is 28.5 Å². The van der Waals surface area contributed by atoms with E-state index in [1.807, 2.05) is 41.0 Å². The van der Waals surface area contributed by atoms with Gasteiger partial charge in [0.2, 0.25) is 0 Å². The summed E-state index contributed by atoms with van der Waals surface area (Å²) >= 11 is 12.0. The van der Waals surface area contributed by atoms with Crippen molar-refractivity contribution in [1.82, 2.24) is 9.55 Å². The summed E-state index contributed by atoms with van der Waals surface area (Å²) in [6.07, 6.45) is 0. The quantitative estimate of drug-likeness (QED) is 0.663. The molecule has 0 amide bonds. The number of rotatable bonds is 2. The normalized spacial score (nSPS) is 10.7. The predicted molar refractivity (Wildman–Crippen MR) is 80.4 cm³/mol. The fraction of sp³-hybridized carbons (Fsp3) is 0.0667. The smallest absolute Gasteiger partial charge is 0.129 e. The number of benzene rings is 2. The maximum Gasteiger partial charge on any atom is 0.129 e. The van der Waals surface area contributed by atoms with Crippen LogP contribution in [0.1, 0.15) is 11.4 Å². The van der Waals surface area contributed by atoms with E-state index in [1.54, 1.807) is 6.07 Å². The first-order valence-corrected chi connectivity index (χ1v) is 6.88. The lowest BCUT2D eigenvalue weighted by Crippen LogP contribution is -1.98. The molecule has 0 radical (unpaired) electrons. The number of fused-ring (bicyclic) bond motifs is 1. The highest BCUT2D eigenvalue weighted by Crippen LogP contribution is 2.26. The molecule has 0 spiro atoms. The molecule has 3 aromatic rings. The van der Waals surface area contributed by atoms with E-state index in [0.717, 1.165) is 11.2 Å². The average molecular weight is 302 g/mol. The lowest BCUT2D eigenvalue weighted by Gasteiger charge is -2.08. The summed E-state index contributed by atoms with van der Waals surface area (Å²) in [5, 5.41) is 9.81. The number of alkyl halides is 1. The zero-order valence-electron chi connectivity index (χ0n) is 10.3. The molecule has 0 aliphatic carbocycles. The first kappa shape index (κ1) is 13.0. The Labute approximate surface area is 126 Å². The van der Waals surface area contributed by atoms with Gasteiger partial charge in [-0.3, -0.25) is 4.57 Å². The molecule has 0 unspecified atom stereocenters. The summed E-state index contributed by atoms with van der Waals surface area (Å²) < 4.78 is 1.93. The summed E-state index contributed by atoms with van der Waals surface area (Å²) in [5.74, 6) is 0.943. The second-order valence-corrected chi connectivity index (χ2v) is 4.97. The minimum atomic E-state index is 0.256. The van der Waals surface area contributed by atoms with E-state index in [-0.39, 0.29) is 5.88 Å². The van der Waals surface area contributed by atoms with Crippen LogP contribution >= 0.6 is 23.2 Å². The Morgan fingerprint density at radius 3 is 2.70 bits per heavy atom. The highest BCUT2D eigenvalue weighted by Gasteiger charge is 2.14. The molecule has 0 atom stereocenters. The van der Waals surface area contributed by atoms with Crippen molar-refractivity contribution in [3.05, 3.63) is 58.9 Å². The highest BCUT2D eigenvalue weighted by atomic mass is 35.5. The van der Waals surface area contributed by atoms with Gasteiger partial charge in [0, 0.05) is 10.7 Å². The summed E-state index contributed by atoms with van der Waals surface area (Å²) in [6, 6.07) is 15.1. The molecular formula is C15H9Cl2N3. The molecule has 2 aromatic carbocycles. The van der Waals surface area contributed by atoms with E-state index in [0.29, 0.717) is 21.9 Å². The SMILES string of the molecule is N#Cc1cccc2c1nc(CCl)n2-c1cccc(Cl)c1. The second kappa shape index (κ2) is 5.16. The molecule has 0 aliphatic heterocycles. The molecule has 20 heavy (non-hydrogen) atoms. The van der Waals surface area contributed by atoms with Gasteiger partial charge in [-0.2, -0.15) is 5.26 Å². The third-order valence-corrected chi connectivity index (χ3v) is 3.54. The summed E-state index contributed by atoms with van der Waals surface area (Å²) in [4.78, 5) is 4.47. The molecule has 0 saturated heterocycles. The molecule has 3 nitrogen and oxygen atoms in total. The number of nitriles is 1. The standard InChI is InChI=1S/C15H9Cl2N3/c16-8-14-19-15-10(9-18)3-1-6-13(15)20(14)12-5-2-4-11(17)7-12/h1-7H,8H2. The molecule has 3 rings (SSSR count). The first-order valence-electron chi connectivity index (χ1n) is 5.97. The summed E-state index contributed by atoms with van der Waals surface area (Å²) in [5.41, 5.74) is 2.92. The fourth-order valence-corrected chi connectivity index (χ4v) is 2.59. The number of hydrogen-bond donors (Lipinski definition) is 0. The monoisotopic (exact) mass is 301 g/mol. The van der Waals surface area contributed by atoms with Crippen LogP contribution in [0.25, 0.3) is 16.7 Å². The van der Waals surface area contributed by atoms with Gasteiger partial charge in [-0.1, -0.05) is 23.7 Å². The molecule has 1 aromatic heterocycles. The fourth-order valence-electron chi connectivity index (χ4n) is 2.23. The van der Waals surface area contributed by atoms with Crippen molar-refractivity contribution in [2.45, 2.75) is 5.88 Å². The van der Waals surface area contributed by atoms with E-state index < -0.39 is 0 Å². The van der Waals surface area contributed by atoms with E-state index in [1.165, 1.54) is 0 Å². The average Bonchev–Trinajstić information content (AvgIpc) is 2.85. The number of para-hydroxylation sites is 1. The third kappa shape index (κ3) is 2.03. The van der Waals surface area contributed by atoms with E-state index in [2.05, 4.69) is 11.1 Å². The lowest BCUT2D eigenvalue weighted by atomic mass is 10.2. The van der Waals surface area contributed by atoms with Crippen molar-refractivity contribution in [3.8, 4) is 11.8 Å². The maximum atomic E-state index is 9.17. The molecular weight excluding hydrogens is 293 g/mol. The zero-order chi connectivity index (χ0) is 14.1. The topological polar surface area (TPSA) is 41.6 Å². The maximum absolute atomic E-state index is 9.17. The van der Waals surface area contributed by atoms with Crippen molar-refractivity contribution in [3.63, 3.8) is 0 Å². The molecule has 5 heteroatoms.